The third-order valence-electron chi connectivity index (χ3n) is 4.52. The average molecular weight is 320 g/mol. The summed E-state index contributed by atoms with van der Waals surface area (Å²) in [6.45, 7) is 1.64. The molecule has 2 N–H and O–H groups in total. The molecular weight excluding hydrogens is 296 g/mol. The Bertz CT molecular complexity index is 657. The third-order valence-corrected chi connectivity index (χ3v) is 4.52. The summed E-state index contributed by atoms with van der Waals surface area (Å²) in [4.78, 5) is 5.50. The van der Waals surface area contributed by atoms with Crippen LogP contribution in [0.15, 0.2) is 24.3 Å². The number of aliphatic hydroxyl groups is 1. The molecule has 1 aromatic heterocycles. The number of aromatic nitrogens is 1. The van der Waals surface area contributed by atoms with Gasteiger partial charge in [0, 0.05) is 30.3 Å². The molecule has 1 saturated heterocycles. The molecular formula is C17H24N2O4. The van der Waals surface area contributed by atoms with E-state index in [-0.39, 0.29) is 12.1 Å². The summed E-state index contributed by atoms with van der Waals surface area (Å²) in [5, 5.41) is 11.5. The van der Waals surface area contributed by atoms with Gasteiger partial charge in [0.1, 0.15) is 18.0 Å². The highest BCUT2D eigenvalue weighted by molar-refractivity contribution is 5.81. The predicted molar refractivity (Wildman–Crippen MR) is 87.7 cm³/mol. The molecule has 3 rings (SSSR count). The Kier molecular flexibility index (Phi) is 4.87. The Morgan fingerprint density at radius 3 is 2.87 bits per heavy atom. The molecule has 6 heteroatoms. The number of likely N-dealkylation sites (N-methyl/N-ethyl adjacent to an activating group) is 1. The summed E-state index contributed by atoms with van der Waals surface area (Å²) in [5.41, 5.74) is 2.16. The molecule has 1 aromatic carbocycles. The lowest BCUT2D eigenvalue weighted by atomic mass is 10.0. The van der Waals surface area contributed by atoms with Crippen molar-refractivity contribution in [2.45, 2.75) is 24.8 Å². The van der Waals surface area contributed by atoms with E-state index < -0.39 is 6.10 Å². The number of ether oxygens (including phenoxy) is 3. The van der Waals surface area contributed by atoms with Gasteiger partial charge < -0.3 is 24.3 Å². The van der Waals surface area contributed by atoms with E-state index in [9.17, 15) is 5.11 Å². The molecule has 1 aliphatic rings. The van der Waals surface area contributed by atoms with Gasteiger partial charge in [0.2, 0.25) is 0 Å². The second-order valence-electron chi connectivity index (χ2n) is 6.03. The van der Waals surface area contributed by atoms with Crippen molar-refractivity contribution in [3.63, 3.8) is 0 Å². The molecule has 126 valence electrons. The fourth-order valence-corrected chi connectivity index (χ4v) is 3.11. The summed E-state index contributed by atoms with van der Waals surface area (Å²) in [5.74, 6) is 0.843. The third kappa shape index (κ3) is 3.35. The fraction of sp³-hybridized carbons (Fsp3) is 0.529. The van der Waals surface area contributed by atoms with Crippen LogP contribution < -0.4 is 4.74 Å². The fourth-order valence-electron chi connectivity index (χ4n) is 3.11. The van der Waals surface area contributed by atoms with Gasteiger partial charge in [0.25, 0.3) is 0 Å². The van der Waals surface area contributed by atoms with E-state index in [2.05, 4.69) is 16.0 Å². The van der Waals surface area contributed by atoms with Crippen molar-refractivity contribution in [1.29, 1.82) is 0 Å². The summed E-state index contributed by atoms with van der Waals surface area (Å²) in [6.07, 6.45) is -0.827. The number of rotatable bonds is 5. The van der Waals surface area contributed by atoms with Crippen LogP contribution >= 0.6 is 0 Å². The average Bonchev–Trinajstić information content (AvgIpc) is 2.95. The molecule has 0 bridgehead atoms. The van der Waals surface area contributed by atoms with Crippen molar-refractivity contribution >= 4 is 10.9 Å². The maximum Gasteiger partial charge on any atom is 0.119 e. The van der Waals surface area contributed by atoms with E-state index in [1.165, 1.54) is 0 Å². The van der Waals surface area contributed by atoms with Crippen LogP contribution in [-0.2, 0) is 16.0 Å². The minimum Gasteiger partial charge on any atom is -0.497 e. The number of fused-ring (bicyclic) bond motifs is 1. The number of aliphatic hydroxyl groups excluding tert-OH is 1. The van der Waals surface area contributed by atoms with Crippen molar-refractivity contribution in [2.75, 3.05) is 34.5 Å². The second-order valence-corrected chi connectivity index (χ2v) is 6.03. The molecule has 0 spiro atoms. The summed E-state index contributed by atoms with van der Waals surface area (Å²) < 4.78 is 16.1. The monoisotopic (exact) mass is 320 g/mol. The molecule has 0 radical (unpaired) electrons. The van der Waals surface area contributed by atoms with Crippen molar-refractivity contribution in [3.05, 3.63) is 30.0 Å². The number of hydrogen-bond donors (Lipinski definition) is 2. The number of hydrogen-bond acceptors (Lipinski definition) is 5. The lowest BCUT2D eigenvalue weighted by Crippen LogP contribution is -2.55. The normalized spacial score (nSPS) is 25.2. The van der Waals surface area contributed by atoms with Gasteiger partial charge in [-0.1, -0.05) is 0 Å². The van der Waals surface area contributed by atoms with Gasteiger partial charge in [-0.3, -0.25) is 4.90 Å². The topological polar surface area (TPSA) is 67.0 Å². The van der Waals surface area contributed by atoms with Crippen molar-refractivity contribution in [3.8, 4) is 5.75 Å². The number of nitrogens with one attached hydrogen (secondary N) is 1. The van der Waals surface area contributed by atoms with Crippen LogP contribution in [0.3, 0.4) is 0 Å². The number of nitrogens with zero attached hydrogens (tertiary/aromatic N) is 1. The standard InChI is InChI=1S/C17H24N2O4/c1-19(15-9-23-10-16(22-3)17(15)20)8-12-6-11-7-13(21-2)4-5-14(11)18-12/h4-7,15-18,20H,8-10H2,1-3H3/t15-,16-,17+/m1/s1. The van der Waals surface area contributed by atoms with Crippen LogP contribution in [0.25, 0.3) is 10.9 Å². The van der Waals surface area contributed by atoms with E-state index in [0.29, 0.717) is 19.8 Å². The van der Waals surface area contributed by atoms with Crippen LogP contribution in [-0.4, -0.2) is 67.7 Å². The minimum absolute atomic E-state index is 0.0883. The molecule has 0 saturated carbocycles. The first kappa shape index (κ1) is 16.3. The number of benzene rings is 1. The Morgan fingerprint density at radius 1 is 1.30 bits per heavy atom. The summed E-state index contributed by atoms with van der Waals surface area (Å²) >= 11 is 0. The summed E-state index contributed by atoms with van der Waals surface area (Å²) in [6, 6.07) is 7.98. The zero-order valence-corrected chi connectivity index (χ0v) is 13.8. The Labute approximate surface area is 135 Å². The van der Waals surface area contributed by atoms with E-state index >= 15 is 0 Å². The van der Waals surface area contributed by atoms with Crippen molar-refractivity contribution in [2.24, 2.45) is 0 Å². The number of aromatic amines is 1. The van der Waals surface area contributed by atoms with Gasteiger partial charge in [-0.05, 0) is 31.3 Å². The van der Waals surface area contributed by atoms with Gasteiger partial charge in [-0.25, -0.2) is 0 Å². The highest BCUT2D eigenvalue weighted by Gasteiger charge is 2.35. The number of methoxy groups -OCH3 is 2. The van der Waals surface area contributed by atoms with Crippen LogP contribution in [0.2, 0.25) is 0 Å². The Balaban J connectivity index is 1.73. The molecule has 0 aliphatic carbocycles. The van der Waals surface area contributed by atoms with E-state index in [1.807, 2.05) is 25.2 Å². The molecule has 1 aliphatic heterocycles. The van der Waals surface area contributed by atoms with E-state index in [4.69, 9.17) is 14.2 Å². The molecule has 3 atom stereocenters. The summed E-state index contributed by atoms with van der Waals surface area (Å²) in [7, 11) is 5.26. The van der Waals surface area contributed by atoms with E-state index in [0.717, 1.165) is 22.3 Å². The first-order valence-electron chi connectivity index (χ1n) is 7.77. The van der Waals surface area contributed by atoms with Crippen LogP contribution in [0.4, 0.5) is 0 Å². The molecule has 1 fully saturated rings. The first-order chi connectivity index (χ1) is 11.1. The zero-order chi connectivity index (χ0) is 16.4. The van der Waals surface area contributed by atoms with Crippen LogP contribution in [0.1, 0.15) is 5.69 Å². The van der Waals surface area contributed by atoms with Crippen molar-refractivity contribution < 1.29 is 19.3 Å². The first-order valence-corrected chi connectivity index (χ1v) is 7.77. The van der Waals surface area contributed by atoms with Gasteiger partial charge in [-0.15, -0.1) is 0 Å². The smallest absolute Gasteiger partial charge is 0.119 e. The van der Waals surface area contributed by atoms with Crippen LogP contribution in [0, 0.1) is 0 Å². The predicted octanol–water partition coefficient (Wildman–Crippen LogP) is 1.38. The minimum atomic E-state index is -0.553. The maximum atomic E-state index is 10.4. The lowest BCUT2D eigenvalue weighted by molar-refractivity contribution is -0.142. The molecule has 0 amide bonds. The Hall–Kier alpha value is -1.60. The molecule has 0 unspecified atom stereocenters. The Morgan fingerprint density at radius 2 is 2.13 bits per heavy atom. The SMILES string of the molecule is COc1ccc2[nH]c(CN(C)[C@@H]3COC[C@@H](OC)[C@H]3O)cc2c1. The maximum absolute atomic E-state index is 10.4. The quantitative estimate of drug-likeness (QED) is 0.871. The van der Waals surface area contributed by atoms with Gasteiger partial charge in [0.05, 0.1) is 26.4 Å². The highest BCUT2D eigenvalue weighted by atomic mass is 16.5. The second kappa shape index (κ2) is 6.88. The highest BCUT2D eigenvalue weighted by Crippen LogP contribution is 2.23. The molecule has 2 aromatic rings. The largest absolute Gasteiger partial charge is 0.497 e. The van der Waals surface area contributed by atoms with Gasteiger partial charge in [-0.2, -0.15) is 0 Å². The zero-order valence-electron chi connectivity index (χ0n) is 13.8. The van der Waals surface area contributed by atoms with Crippen LogP contribution in [0.5, 0.6) is 5.75 Å². The molecule has 23 heavy (non-hydrogen) atoms. The number of H-pyrrole nitrogens is 1. The van der Waals surface area contributed by atoms with Gasteiger partial charge in [0.15, 0.2) is 0 Å². The van der Waals surface area contributed by atoms with E-state index in [1.54, 1.807) is 14.2 Å². The van der Waals surface area contributed by atoms with Crippen molar-refractivity contribution in [1.82, 2.24) is 9.88 Å². The molecule has 6 nitrogen and oxygen atoms in total. The van der Waals surface area contributed by atoms with Gasteiger partial charge >= 0.3 is 0 Å². The lowest BCUT2D eigenvalue weighted by Gasteiger charge is -2.38. The molecule has 2 heterocycles.